The number of nitrogens with zero attached hydrogens (tertiary/aromatic N) is 2. The van der Waals surface area contributed by atoms with E-state index in [9.17, 15) is 9.18 Å². The van der Waals surface area contributed by atoms with Crippen LogP contribution in [0.15, 0.2) is 65.3 Å². The summed E-state index contributed by atoms with van der Waals surface area (Å²) in [5, 5.41) is 7.29. The molecule has 0 unspecified atom stereocenters. The highest BCUT2D eigenvalue weighted by molar-refractivity contribution is 6.31. The number of nitrogens with one attached hydrogen (secondary N) is 1. The van der Waals surface area contributed by atoms with Gasteiger partial charge in [-0.15, -0.1) is 0 Å². The first kappa shape index (κ1) is 23.6. The van der Waals surface area contributed by atoms with Crippen LogP contribution in [0.5, 0.6) is 5.75 Å². The fourth-order valence-corrected chi connectivity index (χ4v) is 3.73. The molecule has 176 valence electrons. The Labute approximate surface area is 202 Å². The van der Waals surface area contributed by atoms with Crippen molar-refractivity contribution in [2.24, 2.45) is 0 Å². The molecular formula is C26H25ClFN3O3. The largest absolute Gasteiger partial charge is 0.485 e. The van der Waals surface area contributed by atoms with Gasteiger partial charge < -0.3 is 14.5 Å². The molecule has 34 heavy (non-hydrogen) atoms. The summed E-state index contributed by atoms with van der Waals surface area (Å²) >= 11 is 6.08. The minimum absolute atomic E-state index is 0.168. The Kier molecular flexibility index (Phi) is 7.03. The van der Waals surface area contributed by atoms with Gasteiger partial charge in [0.05, 0.1) is 18.4 Å². The summed E-state index contributed by atoms with van der Waals surface area (Å²) < 4.78 is 26.5. The lowest BCUT2D eigenvalue weighted by atomic mass is 10.0. The molecule has 2 heterocycles. The molecule has 0 radical (unpaired) electrons. The monoisotopic (exact) mass is 481 g/mol. The highest BCUT2D eigenvalue weighted by Gasteiger charge is 2.14. The van der Waals surface area contributed by atoms with E-state index >= 15 is 0 Å². The molecule has 0 atom stereocenters. The van der Waals surface area contributed by atoms with Crippen molar-refractivity contribution in [2.75, 3.05) is 5.32 Å². The van der Waals surface area contributed by atoms with Crippen LogP contribution in [0.1, 0.15) is 52.8 Å². The first-order chi connectivity index (χ1) is 16.3. The number of furan rings is 1. The van der Waals surface area contributed by atoms with E-state index in [1.807, 2.05) is 13.0 Å². The number of ether oxygens (including phenoxy) is 1. The average molecular weight is 482 g/mol. The molecule has 2 aromatic carbocycles. The second-order valence-electron chi connectivity index (χ2n) is 8.37. The lowest BCUT2D eigenvalue weighted by Gasteiger charge is -2.14. The van der Waals surface area contributed by atoms with Gasteiger partial charge in [0, 0.05) is 11.2 Å². The van der Waals surface area contributed by atoms with Gasteiger partial charge >= 0.3 is 0 Å². The van der Waals surface area contributed by atoms with Gasteiger partial charge in [0.2, 0.25) is 0 Å². The number of amides is 1. The smallest absolute Gasteiger partial charge is 0.291 e. The standard InChI is InChI=1S/C26H25ClFN3O3/c1-16(2)22-8-4-17(3)10-25(22)33-15-21-7-9-24(34-21)26(32)30-20-12-29-31(14-20)13-18-5-6-19(28)11-23(18)27/h4-12,14,16H,13,15H2,1-3H3,(H,30,32). The van der Waals surface area contributed by atoms with Gasteiger partial charge in [0.25, 0.3) is 5.91 Å². The molecule has 0 bridgehead atoms. The van der Waals surface area contributed by atoms with Gasteiger partial charge in [-0.1, -0.05) is 43.6 Å². The zero-order chi connectivity index (χ0) is 24.2. The maximum atomic E-state index is 13.2. The number of aromatic nitrogens is 2. The molecule has 0 aliphatic rings. The van der Waals surface area contributed by atoms with Gasteiger partial charge in [-0.05, 0) is 59.9 Å². The number of hydrogen-bond donors (Lipinski definition) is 1. The molecule has 1 N–H and O–H groups in total. The fraction of sp³-hybridized carbons (Fsp3) is 0.231. The Morgan fingerprint density at radius 1 is 1.21 bits per heavy atom. The number of anilines is 1. The molecule has 1 amide bonds. The van der Waals surface area contributed by atoms with Gasteiger partial charge in [-0.3, -0.25) is 9.48 Å². The lowest BCUT2D eigenvalue weighted by molar-refractivity contribution is 0.0992. The topological polar surface area (TPSA) is 69.3 Å². The number of hydrogen-bond acceptors (Lipinski definition) is 4. The van der Waals surface area contributed by atoms with Crippen LogP contribution in [0.2, 0.25) is 5.02 Å². The third-order valence-electron chi connectivity index (χ3n) is 5.29. The summed E-state index contributed by atoms with van der Waals surface area (Å²) in [6.07, 6.45) is 3.18. The summed E-state index contributed by atoms with van der Waals surface area (Å²) in [4.78, 5) is 12.6. The van der Waals surface area contributed by atoms with E-state index in [-0.39, 0.29) is 12.4 Å². The number of carbonyl (C=O) groups is 1. The Hall–Kier alpha value is -3.58. The predicted molar refractivity (Wildman–Crippen MR) is 129 cm³/mol. The van der Waals surface area contributed by atoms with Crippen molar-refractivity contribution in [3.05, 3.63) is 100.0 Å². The number of carbonyl (C=O) groups excluding carboxylic acids is 1. The summed E-state index contributed by atoms with van der Waals surface area (Å²) in [5.74, 6) is 1.05. The Bertz CT molecular complexity index is 1310. The van der Waals surface area contributed by atoms with Crippen LogP contribution < -0.4 is 10.1 Å². The SMILES string of the molecule is Cc1ccc(C(C)C)c(OCc2ccc(C(=O)Nc3cnn(Cc4ccc(F)cc4Cl)c3)o2)c1. The molecule has 0 aliphatic heterocycles. The van der Waals surface area contributed by atoms with Crippen LogP contribution in [-0.4, -0.2) is 15.7 Å². The number of halogens is 2. The van der Waals surface area contributed by atoms with Crippen molar-refractivity contribution >= 4 is 23.2 Å². The molecule has 0 fully saturated rings. The van der Waals surface area contributed by atoms with E-state index in [0.29, 0.717) is 34.5 Å². The lowest BCUT2D eigenvalue weighted by Crippen LogP contribution is -2.10. The summed E-state index contributed by atoms with van der Waals surface area (Å²) in [6.45, 7) is 6.80. The number of rotatable bonds is 8. The van der Waals surface area contributed by atoms with Crippen LogP contribution in [-0.2, 0) is 13.2 Å². The summed E-state index contributed by atoms with van der Waals surface area (Å²) in [7, 11) is 0. The van der Waals surface area contributed by atoms with Crippen molar-refractivity contribution in [2.45, 2.75) is 39.8 Å². The fourth-order valence-electron chi connectivity index (χ4n) is 3.50. The van der Waals surface area contributed by atoms with E-state index in [2.05, 4.69) is 36.4 Å². The van der Waals surface area contributed by atoms with Crippen molar-refractivity contribution < 1.29 is 18.3 Å². The second-order valence-corrected chi connectivity index (χ2v) is 8.77. The van der Waals surface area contributed by atoms with E-state index < -0.39 is 11.7 Å². The molecule has 0 saturated heterocycles. The normalized spacial score (nSPS) is 11.1. The minimum atomic E-state index is -0.399. The van der Waals surface area contributed by atoms with Gasteiger partial charge in [-0.2, -0.15) is 5.10 Å². The van der Waals surface area contributed by atoms with Gasteiger partial charge in [-0.25, -0.2) is 4.39 Å². The Balaban J connectivity index is 1.36. The minimum Gasteiger partial charge on any atom is -0.485 e. The van der Waals surface area contributed by atoms with Crippen LogP contribution in [0.25, 0.3) is 0 Å². The van der Waals surface area contributed by atoms with E-state index in [0.717, 1.165) is 16.9 Å². The second kappa shape index (κ2) is 10.1. The van der Waals surface area contributed by atoms with Gasteiger partial charge in [0.1, 0.15) is 23.9 Å². The van der Waals surface area contributed by atoms with Crippen molar-refractivity contribution in [1.82, 2.24) is 9.78 Å². The maximum Gasteiger partial charge on any atom is 0.291 e. The van der Waals surface area contributed by atoms with Crippen LogP contribution in [0.3, 0.4) is 0 Å². The molecule has 0 spiro atoms. The molecule has 0 saturated carbocycles. The summed E-state index contributed by atoms with van der Waals surface area (Å²) in [6, 6.07) is 13.7. The molecular weight excluding hydrogens is 457 g/mol. The summed E-state index contributed by atoms with van der Waals surface area (Å²) in [5.41, 5.74) is 3.45. The van der Waals surface area contributed by atoms with Gasteiger partial charge in [0.15, 0.2) is 5.76 Å². The van der Waals surface area contributed by atoms with E-state index in [1.54, 1.807) is 29.1 Å². The van der Waals surface area contributed by atoms with Crippen molar-refractivity contribution in [3.63, 3.8) is 0 Å². The van der Waals surface area contributed by atoms with Crippen LogP contribution >= 0.6 is 11.6 Å². The average Bonchev–Trinajstić information content (AvgIpc) is 3.43. The first-order valence-electron chi connectivity index (χ1n) is 10.9. The zero-order valence-electron chi connectivity index (χ0n) is 19.1. The van der Waals surface area contributed by atoms with Crippen LogP contribution in [0.4, 0.5) is 10.1 Å². The van der Waals surface area contributed by atoms with Crippen molar-refractivity contribution in [3.8, 4) is 5.75 Å². The first-order valence-corrected chi connectivity index (χ1v) is 11.3. The molecule has 4 aromatic rings. The quantitative estimate of drug-likeness (QED) is 0.308. The third-order valence-corrected chi connectivity index (χ3v) is 5.64. The maximum absolute atomic E-state index is 13.2. The number of benzene rings is 2. The van der Waals surface area contributed by atoms with Crippen molar-refractivity contribution in [1.29, 1.82) is 0 Å². The van der Waals surface area contributed by atoms with E-state index in [4.69, 9.17) is 20.8 Å². The van der Waals surface area contributed by atoms with E-state index in [1.165, 1.54) is 18.3 Å². The Morgan fingerprint density at radius 2 is 2.03 bits per heavy atom. The molecule has 2 aromatic heterocycles. The highest BCUT2D eigenvalue weighted by atomic mass is 35.5. The van der Waals surface area contributed by atoms with Crippen LogP contribution in [0, 0.1) is 12.7 Å². The Morgan fingerprint density at radius 3 is 2.79 bits per heavy atom. The molecule has 0 aliphatic carbocycles. The third kappa shape index (κ3) is 5.66. The highest BCUT2D eigenvalue weighted by Crippen LogP contribution is 2.28. The molecule has 6 nitrogen and oxygen atoms in total. The number of aryl methyl sites for hydroxylation is 1. The predicted octanol–water partition coefficient (Wildman–Crippen LogP) is 6.58. The zero-order valence-corrected chi connectivity index (χ0v) is 19.9. The molecule has 4 rings (SSSR count). The molecule has 8 heteroatoms.